The molecule has 1 saturated heterocycles. The van der Waals surface area contributed by atoms with Crippen molar-refractivity contribution in [2.24, 2.45) is 5.92 Å². The van der Waals surface area contributed by atoms with E-state index in [0.717, 1.165) is 30.8 Å². The highest BCUT2D eigenvalue weighted by atomic mass is 32.1. The summed E-state index contributed by atoms with van der Waals surface area (Å²) < 4.78 is 8.69. The van der Waals surface area contributed by atoms with Gasteiger partial charge in [-0.05, 0) is 32.0 Å². The number of aromatic nitrogens is 2. The monoisotopic (exact) mass is 226 g/mol. The highest BCUT2D eigenvalue weighted by molar-refractivity contribution is 7.71. The molecule has 84 valence electrons. The molecule has 2 rings (SSSR count). The first-order valence-electron chi connectivity index (χ1n) is 5.58. The van der Waals surface area contributed by atoms with Gasteiger partial charge in [0.15, 0.2) is 4.77 Å². The average Bonchev–Trinajstić information content (AvgIpc) is 2.79. The highest BCUT2D eigenvalue weighted by Crippen LogP contribution is 2.25. The molecule has 0 aromatic carbocycles. The first kappa shape index (κ1) is 10.9. The SMILES string of the molecule is CCC1OCCC1Cn1c(C)c[nH]c1=S. The van der Waals surface area contributed by atoms with Crippen LogP contribution in [0.25, 0.3) is 0 Å². The molecule has 1 aliphatic rings. The predicted molar refractivity (Wildman–Crippen MR) is 62.5 cm³/mol. The van der Waals surface area contributed by atoms with Crippen LogP contribution in [0.1, 0.15) is 25.5 Å². The summed E-state index contributed by atoms with van der Waals surface area (Å²) in [7, 11) is 0. The van der Waals surface area contributed by atoms with E-state index in [1.807, 2.05) is 6.20 Å². The molecule has 2 heterocycles. The number of H-pyrrole nitrogens is 1. The lowest BCUT2D eigenvalue weighted by Crippen LogP contribution is -2.20. The van der Waals surface area contributed by atoms with E-state index in [-0.39, 0.29) is 0 Å². The number of nitrogens with one attached hydrogen (secondary N) is 1. The molecule has 15 heavy (non-hydrogen) atoms. The van der Waals surface area contributed by atoms with Crippen LogP contribution < -0.4 is 0 Å². The van der Waals surface area contributed by atoms with Crippen LogP contribution in [0.5, 0.6) is 0 Å². The molecule has 2 unspecified atom stereocenters. The number of hydrogen-bond acceptors (Lipinski definition) is 2. The second-order valence-corrected chi connectivity index (χ2v) is 4.60. The molecule has 0 saturated carbocycles. The second kappa shape index (κ2) is 4.49. The van der Waals surface area contributed by atoms with Crippen molar-refractivity contribution in [2.45, 2.75) is 39.3 Å². The Morgan fingerprint density at radius 3 is 3.07 bits per heavy atom. The molecule has 0 radical (unpaired) electrons. The average molecular weight is 226 g/mol. The van der Waals surface area contributed by atoms with E-state index in [4.69, 9.17) is 17.0 Å². The molecule has 1 aromatic rings. The molecule has 0 spiro atoms. The normalized spacial score (nSPS) is 26.0. The molecule has 1 aromatic heterocycles. The number of aromatic amines is 1. The van der Waals surface area contributed by atoms with E-state index in [2.05, 4.69) is 23.4 Å². The Bertz CT molecular complexity index is 382. The molecule has 4 heteroatoms. The van der Waals surface area contributed by atoms with Crippen LogP contribution in [0.3, 0.4) is 0 Å². The Morgan fingerprint density at radius 1 is 1.67 bits per heavy atom. The van der Waals surface area contributed by atoms with Gasteiger partial charge >= 0.3 is 0 Å². The zero-order chi connectivity index (χ0) is 10.8. The number of nitrogens with zero attached hydrogens (tertiary/aromatic N) is 1. The van der Waals surface area contributed by atoms with Crippen LogP contribution in [-0.2, 0) is 11.3 Å². The minimum atomic E-state index is 0.418. The van der Waals surface area contributed by atoms with Crippen molar-refractivity contribution in [2.75, 3.05) is 6.61 Å². The molecule has 3 nitrogen and oxygen atoms in total. The van der Waals surface area contributed by atoms with Crippen molar-refractivity contribution in [3.05, 3.63) is 16.7 Å². The van der Waals surface area contributed by atoms with Gasteiger partial charge in [-0.15, -0.1) is 0 Å². The Balaban J connectivity index is 2.11. The van der Waals surface area contributed by atoms with Gasteiger partial charge in [0.1, 0.15) is 0 Å². The van der Waals surface area contributed by atoms with E-state index in [9.17, 15) is 0 Å². The van der Waals surface area contributed by atoms with Crippen molar-refractivity contribution in [3.8, 4) is 0 Å². The summed E-state index contributed by atoms with van der Waals surface area (Å²) in [6.07, 6.45) is 4.65. The smallest absolute Gasteiger partial charge is 0.177 e. The van der Waals surface area contributed by atoms with Crippen molar-refractivity contribution in [1.29, 1.82) is 0 Å². The highest BCUT2D eigenvalue weighted by Gasteiger charge is 2.27. The van der Waals surface area contributed by atoms with Crippen molar-refractivity contribution in [3.63, 3.8) is 0 Å². The third-order valence-corrected chi connectivity index (χ3v) is 3.58. The lowest BCUT2D eigenvalue weighted by Gasteiger charge is -2.17. The fraction of sp³-hybridized carbons (Fsp3) is 0.727. The minimum absolute atomic E-state index is 0.418. The van der Waals surface area contributed by atoms with Gasteiger partial charge in [0.25, 0.3) is 0 Å². The summed E-state index contributed by atoms with van der Waals surface area (Å²) in [4.78, 5) is 3.08. The van der Waals surface area contributed by atoms with Gasteiger partial charge < -0.3 is 14.3 Å². The molecule has 1 aliphatic heterocycles. The molecule has 2 atom stereocenters. The fourth-order valence-corrected chi connectivity index (χ4v) is 2.57. The van der Waals surface area contributed by atoms with Crippen LogP contribution in [0.4, 0.5) is 0 Å². The minimum Gasteiger partial charge on any atom is -0.378 e. The first-order chi connectivity index (χ1) is 7.22. The van der Waals surface area contributed by atoms with Gasteiger partial charge in [0.05, 0.1) is 6.10 Å². The molecule has 1 N–H and O–H groups in total. The maximum Gasteiger partial charge on any atom is 0.177 e. The zero-order valence-corrected chi connectivity index (χ0v) is 10.1. The van der Waals surface area contributed by atoms with E-state index in [0.29, 0.717) is 12.0 Å². The van der Waals surface area contributed by atoms with Crippen LogP contribution in [0.2, 0.25) is 0 Å². The lowest BCUT2D eigenvalue weighted by atomic mass is 9.99. The number of aryl methyl sites for hydroxylation is 1. The maximum absolute atomic E-state index is 5.69. The Morgan fingerprint density at radius 2 is 2.47 bits per heavy atom. The van der Waals surface area contributed by atoms with Crippen LogP contribution in [0, 0.1) is 17.6 Å². The van der Waals surface area contributed by atoms with Gasteiger partial charge in [-0.1, -0.05) is 6.92 Å². The van der Waals surface area contributed by atoms with Crippen molar-refractivity contribution < 1.29 is 4.74 Å². The van der Waals surface area contributed by atoms with E-state index in [1.165, 1.54) is 5.69 Å². The van der Waals surface area contributed by atoms with Crippen LogP contribution in [0.15, 0.2) is 6.20 Å². The molecule has 0 aliphatic carbocycles. The van der Waals surface area contributed by atoms with Gasteiger partial charge in [-0.3, -0.25) is 0 Å². The summed E-state index contributed by atoms with van der Waals surface area (Å²) in [5, 5.41) is 0. The number of imidazole rings is 1. The third-order valence-electron chi connectivity index (χ3n) is 3.24. The summed E-state index contributed by atoms with van der Waals surface area (Å²) in [5.74, 6) is 0.621. The molecule has 1 fully saturated rings. The zero-order valence-electron chi connectivity index (χ0n) is 9.32. The standard InChI is InChI=1S/C11H18N2OS/c1-3-10-9(4-5-14-10)7-13-8(2)6-12-11(13)15/h6,9-10H,3-5,7H2,1-2H3,(H,12,15). The van der Waals surface area contributed by atoms with Crippen molar-refractivity contribution in [1.82, 2.24) is 9.55 Å². The summed E-state index contributed by atoms with van der Waals surface area (Å²) >= 11 is 5.25. The van der Waals surface area contributed by atoms with Gasteiger partial charge in [0, 0.05) is 31.0 Å². The predicted octanol–water partition coefficient (Wildman–Crippen LogP) is 2.67. The van der Waals surface area contributed by atoms with E-state index >= 15 is 0 Å². The largest absolute Gasteiger partial charge is 0.378 e. The van der Waals surface area contributed by atoms with Gasteiger partial charge in [-0.25, -0.2) is 0 Å². The molecular formula is C11H18N2OS. The summed E-state index contributed by atoms with van der Waals surface area (Å²) in [5.41, 5.74) is 1.21. The third kappa shape index (κ3) is 2.16. The first-order valence-corrected chi connectivity index (χ1v) is 5.99. The van der Waals surface area contributed by atoms with E-state index < -0.39 is 0 Å². The Kier molecular flexibility index (Phi) is 3.26. The number of rotatable bonds is 3. The Labute approximate surface area is 95.5 Å². The second-order valence-electron chi connectivity index (χ2n) is 4.21. The maximum atomic E-state index is 5.69. The summed E-state index contributed by atoms with van der Waals surface area (Å²) in [6, 6.07) is 0. The lowest BCUT2D eigenvalue weighted by molar-refractivity contribution is 0.0832. The van der Waals surface area contributed by atoms with Crippen LogP contribution in [-0.4, -0.2) is 22.3 Å². The Hall–Kier alpha value is -0.610. The van der Waals surface area contributed by atoms with E-state index in [1.54, 1.807) is 0 Å². The number of ether oxygens (including phenoxy) is 1. The number of hydrogen-bond donors (Lipinski definition) is 1. The fourth-order valence-electron chi connectivity index (χ4n) is 2.30. The van der Waals surface area contributed by atoms with Gasteiger partial charge in [0.2, 0.25) is 0 Å². The summed E-state index contributed by atoms with van der Waals surface area (Å²) in [6.45, 7) is 6.17. The van der Waals surface area contributed by atoms with Gasteiger partial charge in [-0.2, -0.15) is 0 Å². The van der Waals surface area contributed by atoms with Crippen molar-refractivity contribution >= 4 is 12.2 Å². The van der Waals surface area contributed by atoms with Crippen LogP contribution >= 0.6 is 12.2 Å². The molecule has 0 bridgehead atoms. The quantitative estimate of drug-likeness (QED) is 0.803. The topological polar surface area (TPSA) is 29.9 Å². The molecular weight excluding hydrogens is 208 g/mol. The molecule has 0 amide bonds.